The Bertz CT molecular complexity index is 1410. The van der Waals surface area contributed by atoms with Gasteiger partial charge in [0.15, 0.2) is 9.84 Å². The summed E-state index contributed by atoms with van der Waals surface area (Å²) in [4.78, 5) is 16.2. The molecule has 4 heterocycles. The van der Waals surface area contributed by atoms with Crippen molar-refractivity contribution in [3.8, 4) is 22.9 Å². The third-order valence-electron chi connectivity index (χ3n) is 6.98. The van der Waals surface area contributed by atoms with Crippen LogP contribution in [0.5, 0.6) is 11.6 Å². The maximum atomic E-state index is 15.0. The second kappa shape index (κ2) is 11.4. The lowest BCUT2D eigenvalue weighted by atomic mass is 10.0. The highest BCUT2D eigenvalue weighted by Gasteiger charge is 2.23. The van der Waals surface area contributed by atoms with E-state index < -0.39 is 15.7 Å². The van der Waals surface area contributed by atoms with Crippen molar-refractivity contribution < 1.29 is 27.0 Å². The molecule has 2 fully saturated rings. The van der Waals surface area contributed by atoms with Gasteiger partial charge < -0.3 is 19.1 Å². The van der Waals surface area contributed by atoms with Gasteiger partial charge >= 0.3 is 0 Å². The van der Waals surface area contributed by atoms with Crippen molar-refractivity contribution in [1.82, 2.24) is 15.0 Å². The van der Waals surface area contributed by atoms with Crippen LogP contribution in [0.2, 0.25) is 0 Å². The summed E-state index contributed by atoms with van der Waals surface area (Å²) in [5, 5.41) is 0.477. The molecule has 9 nitrogen and oxygen atoms in total. The summed E-state index contributed by atoms with van der Waals surface area (Å²) < 4.78 is 56.1. The van der Waals surface area contributed by atoms with Crippen LogP contribution in [0.4, 0.5) is 10.3 Å². The highest BCUT2D eigenvalue weighted by Crippen LogP contribution is 2.36. The second-order valence-corrected chi connectivity index (χ2v) is 12.2. The number of piperidine rings is 1. The van der Waals surface area contributed by atoms with Crippen LogP contribution in [0.15, 0.2) is 24.4 Å². The smallest absolute Gasteiger partial charge is 0.226 e. The van der Waals surface area contributed by atoms with Gasteiger partial charge in [-0.1, -0.05) is 0 Å². The Morgan fingerprint density at radius 1 is 1.11 bits per heavy atom. The van der Waals surface area contributed by atoms with Crippen LogP contribution < -0.4 is 14.4 Å². The molecule has 2 aliphatic heterocycles. The van der Waals surface area contributed by atoms with Crippen LogP contribution in [0.1, 0.15) is 37.7 Å². The molecule has 0 atom stereocenters. The molecule has 11 heteroatoms. The first-order chi connectivity index (χ1) is 18.3. The number of benzene rings is 1. The van der Waals surface area contributed by atoms with Gasteiger partial charge in [0.2, 0.25) is 11.8 Å². The zero-order chi connectivity index (χ0) is 26.7. The third-order valence-corrected chi connectivity index (χ3v) is 7.82. The number of nitrogens with zero attached hydrogens (tertiary/aromatic N) is 4. The van der Waals surface area contributed by atoms with Crippen molar-refractivity contribution in [3.05, 3.63) is 35.8 Å². The molecule has 0 aliphatic carbocycles. The summed E-state index contributed by atoms with van der Waals surface area (Å²) in [6.07, 6.45) is 7.75. The zero-order valence-electron chi connectivity index (χ0n) is 21.8. The van der Waals surface area contributed by atoms with Gasteiger partial charge in [0.25, 0.3) is 0 Å². The Kier molecular flexibility index (Phi) is 7.94. The van der Waals surface area contributed by atoms with Crippen molar-refractivity contribution in [2.45, 2.75) is 37.9 Å². The number of methoxy groups -OCH3 is 1. The number of fused-ring (bicyclic) bond motifs is 1. The predicted molar refractivity (Wildman–Crippen MR) is 143 cm³/mol. The maximum Gasteiger partial charge on any atom is 0.226 e. The van der Waals surface area contributed by atoms with Crippen LogP contribution in [-0.2, 0) is 20.3 Å². The molecule has 0 unspecified atom stereocenters. The average molecular weight is 545 g/mol. The molecule has 2 saturated heterocycles. The van der Waals surface area contributed by atoms with Crippen molar-refractivity contribution >= 4 is 26.7 Å². The molecule has 0 bridgehead atoms. The quantitative estimate of drug-likeness (QED) is 0.413. The van der Waals surface area contributed by atoms with E-state index in [1.165, 1.54) is 19.2 Å². The summed E-state index contributed by atoms with van der Waals surface area (Å²) >= 11 is 0. The van der Waals surface area contributed by atoms with E-state index in [4.69, 9.17) is 24.2 Å². The van der Waals surface area contributed by atoms with Gasteiger partial charge in [0.1, 0.15) is 17.1 Å². The molecule has 0 saturated carbocycles. The number of pyridine rings is 1. The first kappa shape index (κ1) is 26.6. The van der Waals surface area contributed by atoms with Gasteiger partial charge in [-0.3, -0.25) is 0 Å². The highest BCUT2D eigenvalue weighted by molar-refractivity contribution is 7.89. The van der Waals surface area contributed by atoms with Gasteiger partial charge in [-0.2, -0.15) is 0 Å². The Hall–Kier alpha value is -3.05. The summed E-state index contributed by atoms with van der Waals surface area (Å²) in [5.74, 6) is 0.747. The topological polar surface area (TPSA) is 104 Å². The lowest BCUT2D eigenvalue weighted by Gasteiger charge is -2.27. The number of sulfone groups is 1. The molecule has 0 N–H and O–H groups in total. The van der Waals surface area contributed by atoms with Gasteiger partial charge in [-0.15, -0.1) is 0 Å². The van der Waals surface area contributed by atoms with Crippen molar-refractivity contribution in [2.24, 2.45) is 5.92 Å². The second-order valence-electron chi connectivity index (χ2n) is 10.0. The Morgan fingerprint density at radius 3 is 2.58 bits per heavy atom. The van der Waals surface area contributed by atoms with E-state index >= 15 is 0 Å². The van der Waals surface area contributed by atoms with Crippen LogP contribution >= 0.6 is 0 Å². The summed E-state index contributed by atoms with van der Waals surface area (Å²) in [6.45, 7) is 3.49. The van der Waals surface area contributed by atoms with E-state index in [2.05, 4.69) is 9.88 Å². The molecule has 0 radical (unpaired) electrons. The normalized spacial score (nSPS) is 17.1. The summed E-state index contributed by atoms with van der Waals surface area (Å²) in [5.41, 5.74) is 1.95. The number of anilines is 1. The van der Waals surface area contributed by atoms with E-state index in [0.29, 0.717) is 65.2 Å². The molecule has 0 spiro atoms. The average Bonchev–Trinajstić information content (AvgIpc) is 2.91. The van der Waals surface area contributed by atoms with Crippen molar-refractivity contribution in [2.75, 3.05) is 51.2 Å². The Balaban J connectivity index is 1.64. The monoisotopic (exact) mass is 544 g/mol. The molecule has 2 aliphatic rings. The lowest BCUT2D eigenvalue weighted by molar-refractivity contribution is 0.0499. The molecular formula is C27H33FN4O5S. The molecule has 2 aromatic heterocycles. The number of hydrogen-bond donors (Lipinski definition) is 0. The van der Waals surface area contributed by atoms with Crippen molar-refractivity contribution in [3.63, 3.8) is 0 Å². The zero-order valence-corrected chi connectivity index (χ0v) is 22.6. The van der Waals surface area contributed by atoms with Gasteiger partial charge in [0.05, 0.1) is 25.2 Å². The fourth-order valence-electron chi connectivity index (χ4n) is 5.04. The third kappa shape index (κ3) is 6.15. The van der Waals surface area contributed by atoms with E-state index in [1.807, 2.05) is 0 Å². The molecule has 0 amide bonds. The molecule has 1 aromatic carbocycles. The number of rotatable bonds is 8. The fourth-order valence-corrected chi connectivity index (χ4v) is 5.81. The largest absolute Gasteiger partial charge is 0.491 e. The van der Waals surface area contributed by atoms with Crippen LogP contribution in [0, 0.1) is 11.7 Å². The lowest BCUT2D eigenvalue weighted by Crippen LogP contribution is -2.31. The minimum atomic E-state index is -3.36. The summed E-state index contributed by atoms with van der Waals surface area (Å²) in [7, 11) is -1.91. The SMILES string of the molecule is COc1ncc(-c2nc(N3CCCCC3)nc3c(OCC4CCOCC4)cc(F)cc23)cc1CS(C)(=O)=O. The minimum absolute atomic E-state index is 0.223. The van der Waals surface area contributed by atoms with Crippen LogP contribution in [0.3, 0.4) is 0 Å². The molecule has 38 heavy (non-hydrogen) atoms. The van der Waals surface area contributed by atoms with Crippen LogP contribution in [0.25, 0.3) is 22.2 Å². The standard InChI is InChI=1S/C27H33FN4O5S/c1-35-26-20(17-38(2,33)34)12-19(15-29-26)24-22-13-21(28)14-23(37-16-18-6-10-36-11-7-18)25(22)31-27(30-24)32-8-4-3-5-9-32/h12-15,18H,3-11,16-17H2,1-2H3. The van der Waals surface area contributed by atoms with Gasteiger partial charge in [0, 0.05) is 61.3 Å². The minimum Gasteiger partial charge on any atom is -0.491 e. The number of hydrogen-bond acceptors (Lipinski definition) is 9. The van der Waals surface area contributed by atoms with E-state index in [-0.39, 0.29) is 11.6 Å². The van der Waals surface area contributed by atoms with E-state index in [0.717, 1.165) is 51.4 Å². The molecule has 5 rings (SSSR count). The predicted octanol–water partition coefficient (Wildman–Crippen LogP) is 4.18. The van der Waals surface area contributed by atoms with Crippen molar-refractivity contribution in [1.29, 1.82) is 0 Å². The Morgan fingerprint density at radius 2 is 1.87 bits per heavy atom. The number of aromatic nitrogens is 3. The number of halogens is 1. The molecule has 3 aromatic rings. The van der Waals surface area contributed by atoms with Gasteiger partial charge in [-0.05, 0) is 50.2 Å². The number of ether oxygens (including phenoxy) is 3. The van der Waals surface area contributed by atoms with E-state index in [9.17, 15) is 12.8 Å². The first-order valence-electron chi connectivity index (χ1n) is 13.0. The first-order valence-corrected chi connectivity index (χ1v) is 15.0. The maximum absolute atomic E-state index is 15.0. The highest BCUT2D eigenvalue weighted by atomic mass is 32.2. The van der Waals surface area contributed by atoms with E-state index in [1.54, 1.807) is 12.3 Å². The van der Waals surface area contributed by atoms with Gasteiger partial charge in [-0.25, -0.2) is 27.8 Å². The van der Waals surface area contributed by atoms with Crippen LogP contribution in [-0.4, -0.2) is 69.6 Å². The molecular weight excluding hydrogens is 511 g/mol. The molecule has 204 valence electrons. The Labute approximate surface area is 222 Å². The summed E-state index contributed by atoms with van der Waals surface area (Å²) in [6, 6.07) is 4.47. The fraction of sp³-hybridized carbons (Fsp3) is 0.519.